The number of benzene rings is 2. The summed E-state index contributed by atoms with van der Waals surface area (Å²) in [6.45, 7) is 1.26. The Labute approximate surface area is 250 Å². The highest BCUT2D eigenvalue weighted by Crippen LogP contribution is 2.46. The summed E-state index contributed by atoms with van der Waals surface area (Å²) in [7, 11) is 1.31. The van der Waals surface area contributed by atoms with Crippen molar-refractivity contribution in [2.75, 3.05) is 39.9 Å². The minimum atomic E-state index is -4.48. The molecule has 1 atom stereocenters. The highest BCUT2D eigenvalue weighted by Gasteiger charge is 2.38. The first-order valence-electron chi connectivity index (χ1n) is 14.0. The third-order valence-electron chi connectivity index (χ3n) is 7.87. The molecule has 0 spiro atoms. The van der Waals surface area contributed by atoms with Crippen molar-refractivity contribution < 1.29 is 45.4 Å². The van der Waals surface area contributed by atoms with Crippen molar-refractivity contribution in [1.82, 2.24) is 9.80 Å². The van der Waals surface area contributed by atoms with E-state index in [2.05, 4.69) is 4.74 Å². The van der Waals surface area contributed by atoms with Crippen molar-refractivity contribution in [3.63, 3.8) is 0 Å². The van der Waals surface area contributed by atoms with Gasteiger partial charge in [0, 0.05) is 37.3 Å². The van der Waals surface area contributed by atoms with Crippen LogP contribution in [0.25, 0.3) is 0 Å². The summed E-state index contributed by atoms with van der Waals surface area (Å²) >= 11 is 6.07. The molecule has 3 aliphatic rings. The lowest BCUT2D eigenvalue weighted by atomic mass is 9.93. The summed E-state index contributed by atoms with van der Waals surface area (Å²) in [5, 5.41) is 0.0102. The summed E-state index contributed by atoms with van der Waals surface area (Å²) in [6.07, 6.45) is -3.39. The Morgan fingerprint density at radius 1 is 1.12 bits per heavy atom. The number of carbonyl (C=O) groups is 2. The van der Waals surface area contributed by atoms with Crippen molar-refractivity contribution >= 4 is 24.0 Å². The van der Waals surface area contributed by atoms with Gasteiger partial charge in [-0.3, -0.25) is 14.5 Å². The molecule has 1 amide bonds. The van der Waals surface area contributed by atoms with Gasteiger partial charge in [-0.2, -0.15) is 13.2 Å². The maximum atomic E-state index is 15.6. The van der Waals surface area contributed by atoms with E-state index in [9.17, 15) is 26.7 Å². The number of piperidine rings is 1. The van der Waals surface area contributed by atoms with Crippen LogP contribution in [0.4, 0.5) is 26.3 Å². The number of ether oxygens (including phenoxy) is 2. The topological polar surface area (TPSA) is 59.1 Å². The molecular weight excluding hydrogens is 602 g/mol. The number of likely N-dealkylation sites (tertiary alicyclic amines) is 2. The number of hydrogen-bond donors (Lipinski definition) is 0. The average Bonchev–Trinajstić information content (AvgIpc) is 3.72. The van der Waals surface area contributed by atoms with Gasteiger partial charge in [-0.05, 0) is 67.3 Å². The van der Waals surface area contributed by atoms with E-state index in [4.69, 9.17) is 21.1 Å². The molecule has 13 heteroatoms. The first kappa shape index (κ1) is 32.9. The van der Waals surface area contributed by atoms with Gasteiger partial charge in [0.1, 0.15) is 30.0 Å². The first-order chi connectivity index (χ1) is 20.3. The molecule has 236 valence electrons. The lowest BCUT2D eigenvalue weighted by Crippen LogP contribution is -2.44. The molecule has 2 heterocycles. The van der Waals surface area contributed by atoms with Crippen molar-refractivity contribution in [3.05, 3.63) is 63.4 Å². The Balaban J connectivity index is 0.000000996. The molecule has 0 N–H and O–H groups in total. The van der Waals surface area contributed by atoms with Gasteiger partial charge in [0.15, 0.2) is 0 Å². The molecule has 2 saturated heterocycles. The van der Waals surface area contributed by atoms with Crippen LogP contribution in [0.2, 0.25) is 5.02 Å². The molecule has 2 aromatic rings. The number of carbonyl (C=O) groups excluding carboxylic acids is 2. The van der Waals surface area contributed by atoms with Gasteiger partial charge in [-0.25, -0.2) is 13.2 Å². The molecule has 43 heavy (non-hydrogen) atoms. The average molecular weight is 635 g/mol. The minimum Gasteiger partial charge on any atom is -0.490 e. The normalized spacial score (nSPS) is 20.3. The standard InChI is InChI=1S/C28H29ClF6N2O2.C2H4O2/c29-23-11-19(28(33,34)35)4-3-18(23)14-36-9-6-27(32,7-10-36)16-39-25-13-24(31)22(12-21(25)17-1-2-17)26(38)37-8-5-20(30)15-37;1-4-2-3/h3-4,11-13,17,20H,1-2,5-10,14-16H2;2H,1H3. The van der Waals surface area contributed by atoms with E-state index < -0.39 is 35.3 Å². The fourth-order valence-corrected chi connectivity index (χ4v) is 5.44. The van der Waals surface area contributed by atoms with Gasteiger partial charge in [0.25, 0.3) is 12.4 Å². The maximum absolute atomic E-state index is 15.6. The number of methoxy groups -OCH3 is 1. The fraction of sp³-hybridized carbons (Fsp3) is 0.533. The first-order valence-corrected chi connectivity index (χ1v) is 14.3. The molecule has 0 aromatic heterocycles. The van der Waals surface area contributed by atoms with Crippen LogP contribution in [-0.2, 0) is 22.3 Å². The number of amides is 1. The van der Waals surface area contributed by atoms with Crippen molar-refractivity contribution in [1.29, 1.82) is 0 Å². The lowest BCUT2D eigenvalue weighted by Gasteiger charge is -2.36. The van der Waals surface area contributed by atoms with Gasteiger partial charge in [0.05, 0.1) is 24.8 Å². The summed E-state index contributed by atoms with van der Waals surface area (Å²) in [6, 6.07) is 5.82. The van der Waals surface area contributed by atoms with Crippen LogP contribution < -0.4 is 4.74 Å². The molecule has 1 saturated carbocycles. The van der Waals surface area contributed by atoms with Crippen molar-refractivity contribution in [2.24, 2.45) is 0 Å². The predicted molar refractivity (Wildman–Crippen MR) is 147 cm³/mol. The van der Waals surface area contributed by atoms with Crippen LogP contribution in [-0.4, -0.2) is 73.9 Å². The third-order valence-corrected chi connectivity index (χ3v) is 8.23. The van der Waals surface area contributed by atoms with E-state index in [1.54, 1.807) is 0 Å². The SMILES string of the molecule is COC=O.O=C(c1cc(C2CC2)c(OCC2(F)CCN(Cc3ccc(C(F)(F)F)cc3Cl)CC2)cc1F)N1CCC(F)C1. The molecule has 0 bridgehead atoms. The molecule has 6 nitrogen and oxygen atoms in total. The van der Waals surface area contributed by atoms with Gasteiger partial charge >= 0.3 is 6.18 Å². The highest BCUT2D eigenvalue weighted by molar-refractivity contribution is 6.31. The third kappa shape index (κ3) is 8.56. The summed E-state index contributed by atoms with van der Waals surface area (Å²) in [5.41, 5.74) is -1.42. The lowest BCUT2D eigenvalue weighted by molar-refractivity contribution is -0.137. The van der Waals surface area contributed by atoms with Crippen LogP contribution in [0, 0.1) is 5.82 Å². The Kier molecular flexibility index (Phi) is 10.5. The van der Waals surface area contributed by atoms with Crippen LogP contribution in [0.3, 0.4) is 0 Å². The number of alkyl halides is 5. The molecule has 1 aliphatic carbocycles. The Morgan fingerprint density at radius 2 is 1.79 bits per heavy atom. The smallest absolute Gasteiger partial charge is 0.416 e. The van der Waals surface area contributed by atoms with Crippen LogP contribution >= 0.6 is 11.6 Å². The van der Waals surface area contributed by atoms with Crippen LogP contribution in [0.15, 0.2) is 30.3 Å². The number of hydrogen-bond acceptors (Lipinski definition) is 5. The summed E-state index contributed by atoms with van der Waals surface area (Å²) in [4.78, 5) is 25.0. The number of halogens is 7. The number of rotatable bonds is 8. The van der Waals surface area contributed by atoms with Crippen LogP contribution in [0.5, 0.6) is 5.75 Å². The maximum Gasteiger partial charge on any atom is 0.416 e. The van der Waals surface area contributed by atoms with E-state index in [0.29, 0.717) is 37.2 Å². The van der Waals surface area contributed by atoms with Crippen molar-refractivity contribution in [3.8, 4) is 5.75 Å². The second kappa shape index (κ2) is 13.8. The van der Waals surface area contributed by atoms with E-state index in [1.165, 1.54) is 24.1 Å². The van der Waals surface area contributed by atoms with Crippen LogP contribution in [0.1, 0.15) is 65.1 Å². The Morgan fingerprint density at radius 3 is 2.33 bits per heavy atom. The molecule has 0 radical (unpaired) electrons. The molecule has 2 aromatic carbocycles. The summed E-state index contributed by atoms with van der Waals surface area (Å²) < 4.78 is 92.5. The summed E-state index contributed by atoms with van der Waals surface area (Å²) in [5.74, 6) is -1.01. The zero-order valence-electron chi connectivity index (χ0n) is 23.6. The molecule has 2 aliphatic heterocycles. The fourth-order valence-electron chi connectivity index (χ4n) is 5.20. The van der Waals surface area contributed by atoms with Crippen molar-refractivity contribution in [2.45, 2.75) is 62.6 Å². The van der Waals surface area contributed by atoms with Gasteiger partial charge < -0.3 is 14.4 Å². The molecular formula is C30H33ClF6N2O4. The second-order valence-corrected chi connectivity index (χ2v) is 11.5. The molecule has 3 fully saturated rings. The van der Waals surface area contributed by atoms with E-state index in [0.717, 1.165) is 31.0 Å². The zero-order valence-corrected chi connectivity index (χ0v) is 24.3. The monoisotopic (exact) mass is 634 g/mol. The minimum absolute atomic E-state index is 0.0102. The second-order valence-electron chi connectivity index (χ2n) is 11.1. The Hall–Kier alpha value is -2.99. The van der Waals surface area contributed by atoms with E-state index >= 15 is 4.39 Å². The number of nitrogens with zero attached hydrogens (tertiary/aromatic N) is 2. The van der Waals surface area contributed by atoms with E-state index in [1.807, 2.05) is 4.90 Å². The predicted octanol–water partition coefficient (Wildman–Crippen LogP) is 6.73. The largest absolute Gasteiger partial charge is 0.490 e. The highest BCUT2D eigenvalue weighted by atomic mass is 35.5. The molecule has 1 unspecified atom stereocenters. The Bertz CT molecular complexity index is 1300. The van der Waals surface area contributed by atoms with Gasteiger partial charge in [-0.15, -0.1) is 0 Å². The quantitative estimate of drug-likeness (QED) is 0.238. The zero-order chi connectivity index (χ0) is 31.4. The van der Waals surface area contributed by atoms with Gasteiger partial charge in [0.2, 0.25) is 0 Å². The van der Waals surface area contributed by atoms with Gasteiger partial charge in [-0.1, -0.05) is 17.7 Å². The van der Waals surface area contributed by atoms with E-state index in [-0.39, 0.29) is 61.2 Å². The molecule has 5 rings (SSSR count).